The Morgan fingerprint density at radius 3 is 1.75 bits per heavy atom. The Bertz CT molecular complexity index is 2550. The minimum atomic E-state index is 0.00300. The molecule has 0 amide bonds. The number of hydrogen-bond donors (Lipinski definition) is 0. The monoisotopic (exact) mass is 782 g/mol. The lowest BCUT2D eigenvalue weighted by molar-refractivity contribution is 0.297. The van der Waals surface area contributed by atoms with Crippen LogP contribution in [0.5, 0.6) is 11.5 Å². The lowest BCUT2D eigenvalue weighted by Gasteiger charge is -2.48. The van der Waals surface area contributed by atoms with E-state index in [9.17, 15) is 0 Å². The second kappa shape index (κ2) is 12.7. The molecule has 0 saturated heterocycles. The van der Waals surface area contributed by atoms with Crippen LogP contribution in [0.2, 0.25) is 0 Å². The summed E-state index contributed by atoms with van der Waals surface area (Å²) >= 11 is 0. The number of aryl methyl sites for hydroxylation is 1. The van der Waals surface area contributed by atoms with Gasteiger partial charge in [-0.05, 0) is 158 Å². The minimum absolute atomic E-state index is 0.00300. The number of rotatable bonds is 2. The molecule has 0 saturated carbocycles. The van der Waals surface area contributed by atoms with Crippen LogP contribution >= 0.6 is 0 Å². The zero-order valence-corrected chi connectivity index (χ0v) is 37.7. The fourth-order valence-corrected chi connectivity index (χ4v) is 11.3. The smallest absolute Gasteiger partial charge is 0.252 e. The van der Waals surface area contributed by atoms with E-state index in [1.807, 2.05) is 0 Å². The third kappa shape index (κ3) is 5.83. The molecule has 10 rings (SSSR count). The molecule has 5 aromatic rings. The lowest BCUT2D eigenvalue weighted by atomic mass is 9.33. The van der Waals surface area contributed by atoms with Crippen LogP contribution in [-0.4, -0.2) is 19.9 Å². The topological polar surface area (TPSA) is 24.9 Å². The molecule has 0 atom stereocenters. The molecule has 5 heteroatoms. The van der Waals surface area contributed by atoms with E-state index in [1.165, 1.54) is 98.2 Å². The molecule has 5 aliphatic rings. The molecule has 0 unspecified atom stereocenters. The summed E-state index contributed by atoms with van der Waals surface area (Å²) in [4.78, 5) is 5.16. The van der Waals surface area contributed by atoms with Crippen LogP contribution in [0.25, 0.3) is 0 Å². The van der Waals surface area contributed by atoms with Crippen molar-refractivity contribution in [2.24, 2.45) is 0 Å². The highest BCUT2D eigenvalue weighted by Gasteiger charge is 2.48. The zero-order valence-electron chi connectivity index (χ0n) is 37.7. The molecule has 304 valence electrons. The Hall–Kier alpha value is -4.64. The van der Waals surface area contributed by atoms with Gasteiger partial charge in [0.05, 0.1) is 18.9 Å². The number of benzene rings is 5. The van der Waals surface area contributed by atoms with Crippen LogP contribution in [0.4, 0.5) is 34.1 Å². The van der Waals surface area contributed by atoms with Gasteiger partial charge in [-0.3, -0.25) is 0 Å². The van der Waals surface area contributed by atoms with E-state index in [2.05, 4.69) is 172 Å². The number of ether oxygens (including phenoxy) is 2. The molecule has 5 aromatic carbocycles. The Balaban J connectivity index is 1.31. The van der Waals surface area contributed by atoms with E-state index in [4.69, 9.17) is 9.47 Å². The van der Waals surface area contributed by atoms with Gasteiger partial charge in [0, 0.05) is 34.9 Å². The van der Waals surface area contributed by atoms with Gasteiger partial charge in [0.15, 0.2) is 11.5 Å². The van der Waals surface area contributed by atoms with Crippen molar-refractivity contribution in [3.05, 3.63) is 112 Å². The van der Waals surface area contributed by atoms with Crippen LogP contribution in [0.3, 0.4) is 0 Å². The first-order valence-corrected chi connectivity index (χ1v) is 22.4. The predicted octanol–water partition coefficient (Wildman–Crippen LogP) is 12.2. The Morgan fingerprint density at radius 1 is 0.542 bits per heavy atom. The van der Waals surface area contributed by atoms with E-state index in [-0.39, 0.29) is 33.8 Å². The predicted molar refractivity (Wildman–Crippen MR) is 250 cm³/mol. The van der Waals surface area contributed by atoms with Crippen molar-refractivity contribution in [1.29, 1.82) is 0 Å². The van der Waals surface area contributed by atoms with Gasteiger partial charge >= 0.3 is 0 Å². The SMILES string of the molecule is Cc1cc2c3c(c1)N(c1ccc(C(C)(C)C)cc1)c1c(ccc4c1OCCCO4)B3c1cc3c(cc1N2c1ccc2c(c1)C(C)(C)CCC2(C)C)C(C)(C)CCC3(C)C. The van der Waals surface area contributed by atoms with Gasteiger partial charge in [-0.15, -0.1) is 0 Å². The first kappa shape index (κ1) is 38.6. The van der Waals surface area contributed by atoms with Crippen molar-refractivity contribution in [2.75, 3.05) is 23.0 Å². The number of nitrogens with zero attached hydrogens (tertiary/aromatic N) is 2. The summed E-state index contributed by atoms with van der Waals surface area (Å²) in [5.41, 5.74) is 20.2. The lowest BCUT2D eigenvalue weighted by Crippen LogP contribution is -2.62. The van der Waals surface area contributed by atoms with E-state index < -0.39 is 0 Å². The summed E-state index contributed by atoms with van der Waals surface area (Å²) < 4.78 is 13.3. The quantitative estimate of drug-likeness (QED) is 0.163. The molecule has 0 N–H and O–H groups in total. The molecular formula is C54H63BN2O2. The summed E-state index contributed by atoms with van der Waals surface area (Å²) in [6.45, 7) is 30.1. The Kier molecular flexibility index (Phi) is 8.30. The van der Waals surface area contributed by atoms with E-state index in [1.54, 1.807) is 0 Å². The van der Waals surface area contributed by atoms with Gasteiger partial charge < -0.3 is 19.3 Å². The molecule has 0 bridgehead atoms. The third-order valence-corrected chi connectivity index (χ3v) is 15.1. The molecule has 0 spiro atoms. The van der Waals surface area contributed by atoms with Gasteiger partial charge in [-0.2, -0.15) is 0 Å². The van der Waals surface area contributed by atoms with Crippen molar-refractivity contribution in [3.8, 4) is 11.5 Å². The summed E-state index contributed by atoms with van der Waals surface area (Å²) in [5.74, 6) is 1.69. The van der Waals surface area contributed by atoms with E-state index >= 15 is 0 Å². The van der Waals surface area contributed by atoms with Gasteiger partial charge in [-0.1, -0.05) is 106 Å². The summed E-state index contributed by atoms with van der Waals surface area (Å²) in [6, 6.07) is 31.4. The average Bonchev–Trinajstić information content (AvgIpc) is 3.43. The fraction of sp³-hybridized carbons (Fsp3) is 0.444. The Morgan fingerprint density at radius 2 is 1.10 bits per heavy atom. The molecule has 3 aliphatic heterocycles. The standard InChI is InChI=1S/C54H63BN2O2/c1-33-28-44-47-45(29-33)57(35-16-14-34(15-17-35)50(2,3)4)48-41(20-21-46-49(48)59-27-13-26-58-46)55(47)42-31-39-40(54(11,12)25-24-53(39,9)10)32-43(42)56(44)36-18-19-37-38(30-36)52(7,8)23-22-51(37,5)6/h14-21,28-32H,13,22-27H2,1-12H3. The molecule has 0 radical (unpaired) electrons. The summed E-state index contributed by atoms with van der Waals surface area (Å²) in [5, 5.41) is 0. The second-order valence-electron chi connectivity index (χ2n) is 22.2. The Labute approximate surface area is 354 Å². The molecule has 59 heavy (non-hydrogen) atoms. The van der Waals surface area contributed by atoms with Crippen LogP contribution in [-0.2, 0) is 27.1 Å². The van der Waals surface area contributed by atoms with Crippen molar-refractivity contribution in [3.63, 3.8) is 0 Å². The molecule has 0 aromatic heterocycles. The highest BCUT2D eigenvalue weighted by Crippen LogP contribution is 2.54. The zero-order chi connectivity index (χ0) is 41.6. The van der Waals surface area contributed by atoms with Crippen LogP contribution in [0.1, 0.15) is 142 Å². The van der Waals surface area contributed by atoms with Crippen molar-refractivity contribution in [1.82, 2.24) is 0 Å². The van der Waals surface area contributed by atoms with E-state index in [0.29, 0.717) is 13.2 Å². The van der Waals surface area contributed by atoms with Crippen molar-refractivity contribution in [2.45, 2.75) is 142 Å². The van der Waals surface area contributed by atoms with Crippen molar-refractivity contribution < 1.29 is 9.47 Å². The highest BCUT2D eigenvalue weighted by atomic mass is 16.5. The molecule has 3 heterocycles. The third-order valence-electron chi connectivity index (χ3n) is 15.1. The maximum Gasteiger partial charge on any atom is 0.252 e. The van der Waals surface area contributed by atoms with Gasteiger partial charge in [0.1, 0.15) is 0 Å². The van der Waals surface area contributed by atoms with E-state index in [0.717, 1.165) is 29.3 Å². The molecule has 0 fully saturated rings. The van der Waals surface area contributed by atoms with Crippen LogP contribution < -0.4 is 35.7 Å². The largest absolute Gasteiger partial charge is 0.489 e. The van der Waals surface area contributed by atoms with Gasteiger partial charge in [0.2, 0.25) is 0 Å². The number of fused-ring (bicyclic) bond motifs is 8. The van der Waals surface area contributed by atoms with Crippen molar-refractivity contribution >= 4 is 57.2 Å². The normalized spacial score (nSPS) is 20.1. The highest BCUT2D eigenvalue weighted by molar-refractivity contribution is 7.00. The molecular weight excluding hydrogens is 719 g/mol. The fourth-order valence-electron chi connectivity index (χ4n) is 11.3. The number of hydrogen-bond acceptors (Lipinski definition) is 4. The summed E-state index contributed by atoms with van der Waals surface area (Å²) in [6.07, 6.45) is 5.59. The first-order valence-electron chi connectivity index (χ1n) is 22.4. The van der Waals surface area contributed by atoms with Gasteiger partial charge in [0.25, 0.3) is 6.71 Å². The second-order valence-corrected chi connectivity index (χ2v) is 22.2. The summed E-state index contributed by atoms with van der Waals surface area (Å²) in [7, 11) is 0. The molecule has 4 nitrogen and oxygen atoms in total. The maximum atomic E-state index is 6.80. The van der Waals surface area contributed by atoms with Crippen LogP contribution in [0.15, 0.2) is 78.9 Å². The maximum absolute atomic E-state index is 6.80. The number of anilines is 6. The van der Waals surface area contributed by atoms with Gasteiger partial charge in [-0.25, -0.2) is 0 Å². The minimum Gasteiger partial charge on any atom is -0.489 e. The molecule has 2 aliphatic carbocycles. The first-order chi connectivity index (χ1) is 27.8. The van der Waals surface area contributed by atoms with Crippen LogP contribution in [0, 0.1) is 6.92 Å². The average molecular weight is 783 g/mol.